The van der Waals surface area contributed by atoms with E-state index in [0.29, 0.717) is 11.8 Å². The zero-order valence-electron chi connectivity index (χ0n) is 57.2. The summed E-state index contributed by atoms with van der Waals surface area (Å²) in [5.74, 6) is 1.03. The van der Waals surface area contributed by atoms with Gasteiger partial charge in [0.15, 0.2) is 10.9 Å². The zero-order chi connectivity index (χ0) is 62.5. The van der Waals surface area contributed by atoms with Crippen LogP contribution in [0.3, 0.4) is 0 Å². The highest BCUT2D eigenvalue weighted by Crippen LogP contribution is 2.61. The summed E-state index contributed by atoms with van der Waals surface area (Å²) >= 11 is 7.65. The van der Waals surface area contributed by atoms with Crippen molar-refractivity contribution in [2.24, 2.45) is 11.8 Å². The smallest absolute Gasteiger partial charge is 0.195 e. The normalized spacial score (nSPS) is 13.7. The van der Waals surface area contributed by atoms with Crippen molar-refractivity contribution in [2.75, 3.05) is 0 Å². The maximum absolute atomic E-state index is 16.0. The molecule has 0 amide bonds. The van der Waals surface area contributed by atoms with Crippen LogP contribution in [0.1, 0.15) is 318 Å². The lowest BCUT2D eigenvalue weighted by atomic mass is 9.71. The van der Waals surface area contributed by atoms with Gasteiger partial charge in [-0.3, -0.25) is 9.59 Å². The maximum Gasteiger partial charge on any atom is 0.195 e. The summed E-state index contributed by atoms with van der Waals surface area (Å²) < 4.78 is 0. The number of rotatable bonds is 45. The Balaban J connectivity index is 1.16. The number of aryl methyl sites for hydroxylation is 2. The molecule has 4 heterocycles. The van der Waals surface area contributed by atoms with Crippen LogP contribution in [0.5, 0.6) is 0 Å². The topological polar surface area (TPSA) is 34.1 Å². The fourth-order valence-corrected chi connectivity index (χ4v) is 20.4. The maximum atomic E-state index is 16.0. The average molecular weight is 1270 g/mol. The molecule has 89 heavy (non-hydrogen) atoms. The SMILES string of the molecule is CCCCCCCCC(CCCCCC)Cc1cc2c3cc(-c4ccc(-c5cc6c(s5)-c5sc(C)cc5C6(CCCCCCCC)CCCCCCCC)s4)c(=O)c3c(CC(CCCCCC)CCCCCCCC)cc2c2cc(-c3ccc(C)s3)c(=O)c12. The number of fused-ring (bicyclic) bond motifs is 8. The standard InChI is InChI=1S/C83H116O2S4/c1-9-15-21-27-31-37-43-61(41-35-25-19-13-5)52-63-54-66-65(67-56-69(79(84)77(63)67)73-46-45-59(7)86-73)55-64(53-62(42-36-26-20-14-6)44-38-32-28-22-16-10-2)78-68(66)57-70(80(78)85)74-47-48-75(88-74)76-58-72-82(89-76)81-71(51-60(8)87-81)83(72,49-39-33-29-23-17-11-3)50-40-34-30-24-18-12-4/h45-48,51,54-58,61-62H,9-44,49-50,52-53H2,1-8H3. The highest BCUT2D eigenvalue weighted by molar-refractivity contribution is 7.27. The molecular formula is C83H116O2S4. The van der Waals surface area contributed by atoms with Crippen LogP contribution in [0.25, 0.3) is 72.7 Å². The molecular weight excluding hydrogens is 1160 g/mol. The first-order chi connectivity index (χ1) is 43.6. The summed E-state index contributed by atoms with van der Waals surface area (Å²) in [7, 11) is 0. The summed E-state index contributed by atoms with van der Waals surface area (Å²) in [6.07, 6.45) is 50.8. The van der Waals surface area contributed by atoms with Crippen molar-refractivity contribution in [2.45, 2.75) is 318 Å². The fraction of sp³-hybridized carbons (Fsp3) is 0.614. The van der Waals surface area contributed by atoms with E-state index in [2.05, 4.69) is 116 Å². The van der Waals surface area contributed by atoms with Gasteiger partial charge in [-0.2, -0.15) is 0 Å². The molecule has 0 spiro atoms. The molecule has 4 aromatic carbocycles. The molecule has 0 radical (unpaired) electrons. The van der Waals surface area contributed by atoms with Crippen molar-refractivity contribution in [3.63, 3.8) is 0 Å². The monoisotopic (exact) mass is 1270 g/mol. The van der Waals surface area contributed by atoms with Gasteiger partial charge in [-0.1, -0.05) is 273 Å². The molecule has 2 atom stereocenters. The van der Waals surface area contributed by atoms with E-state index in [0.717, 1.165) is 55.3 Å². The Labute approximate surface area is 556 Å². The van der Waals surface area contributed by atoms with E-state index in [4.69, 9.17) is 0 Å². The molecule has 2 nitrogen and oxygen atoms in total. The first-order valence-corrected chi connectivity index (χ1v) is 40.4. The lowest BCUT2D eigenvalue weighted by Crippen LogP contribution is -2.25. The third-order valence-electron chi connectivity index (χ3n) is 20.9. The largest absolute Gasteiger partial charge is 0.289 e. The molecule has 0 bridgehead atoms. The van der Waals surface area contributed by atoms with Gasteiger partial charge in [-0.05, 0) is 156 Å². The molecule has 484 valence electrons. The molecule has 9 rings (SSSR count). The summed E-state index contributed by atoms with van der Waals surface area (Å²) in [5.41, 5.74) is 7.86. The zero-order valence-corrected chi connectivity index (χ0v) is 60.4. The van der Waals surface area contributed by atoms with E-state index < -0.39 is 0 Å². The van der Waals surface area contributed by atoms with Crippen LogP contribution >= 0.6 is 45.3 Å². The second-order valence-electron chi connectivity index (χ2n) is 28.1. The van der Waals surface area contributed by atoms with Gasteiger partial charge in [-0.15, -0.1) is 45.3 Å². The predicted octanol–water partition coefficient (Wildman–Crippen LogP) is 28.1. The third-order valence-corrected chi connectivity index (χ3v) is 25.6. The van der Waals surface area contributed by atoms with Gasteiger partial charge < -0.3 is 0 Å². The molecule has 0 saturated carbocycles. The Bertz CT molecular complexity index is 3490. The third kappa shape index (κ3) is 17.6. The van der Waals surface area contributed by atoms with E-state index in [-0.39, 0.29) is 16.3 Å². The van der Waals surface area contributed by atoms with Crippen molar-refractivity contribution < 1.29 is 0 Å². The molecule has 0 fully saturated rings. The van der Waals surface area contributed by atoms with Crippen molar-refractivity contribution in [1.82, 2.24) is 0 Å². The van der Waals surface area contributed by atoms with Crippen LogP contribution in [0, 0.1) is 25.7 Å². The Hall–Kier alpha value is -3.68. The fourth-order valence-electron chi connectivity index (χ4n) is 15.9. The highest BCUT2D eigenvalue weighted by atomic mass is 32.1. The van der Waals surface area contributed by atoms with Gasteiger partial charge in [0.05, 0.1) is 0 Å². The molecule has 2 unspecified atom stereocenters. The predicted molar refractivity (Wildman–Crippen MR) is 401 cm³/mol. The molecule has 0 N–H and O–H groups in total. The lowest BCUT2D eigenvalue weighted by Gasteiger charge is -2.31. The minimum absolute atomic E-state index is 0.0807. The number of unbranched alkanes of at least 4 members (excludes halogenated alkanes) is 26. The molecule has 8 aromatic rings. The molecule has 1 aliphatic carbocycles. The minimum Gasteiger partial charge on any atom is -0.289 e. The number of benzene rings is 2. The van der Waals surface area contributed by atoms with Gasteiger partial charge in [-0.25, -0.2) is 0 Å². The van der Waals surface area contributed by atoms with Crippen LogP contribution in [-0.2, 0) is 18.3 Å². The van der Waals surface area contributed by atoms with E-state index in [1.54, 1.807) is 22.5 Å². The van der Waals surface area contributed by atoms with E-state index in [9.17, 15) is 0 Å². The van der Waals surface area contributed by atoms with Gasteiger partial charge >= 0.3 is 0 Å². The van der Waals surface area contributed by atoms with Crippen molar-refractivity contribution >= 4 is 77.7 Å². The summed E-state index contributed by atoms with van der Waals surface area (Å²) in [6, 6.07) is 23.7. The quantitative estimate of drug-likeness (QED) is 0.0357. The van der Waals surface area contributed by atoms with E-state index >= 15 is 9.59 Å². The van der Waals surface area contributed by atoms with E-state index in [1.807, 2.05) is 34.0 Å². The van der Waals surface area contributed by atoms with Gasteiger partial charge in [0.25, 0.3) is 0 Å². The average Bonchev–Trinajstić information content (AvgIpc) is 1.62. The first kappa shape index (κ1) is 69.7. The Morgan fingerprint density at radius 3 is 1.15 bits per heavy atom. The number of hydrogen-bond donors (Lipinski definition) is 0. The van der Waals surface area contributed by atoms with Crippen molar-refractivity contribution in [3.8, 4) is 40.4 Å². The molecule has 1 aliphatic rings. The number of hydrogen-bond acceptors (Lipinski definition) is 6. The Kier molecular flexibility index (Phi) is 27.8. The second kappa shape index (κ2) is 35.6. The molecule has 6 heteroatoms. The Morgan fingerprint density at radius 1 is 0.337 bits per heavy atom. The van der Waals surface area contributed by atoms with Crippen molar-refractivity contribution in [1.29, 1.82) is 0 Å². The highest BCUT2D eigenvalue weighted by Gasteiger charge is 2.45. The van der Waals surface area contributed by atoms with Crippen molar-refractivity contribution in [3.05, 3.63) is 113 Å². The van der Waals surface area contributed by atoms with Gasteiger partial charge in [0, 0.05) is 66.3 Å². The van der Waals surface area contributed by atoms with Crippen LogP contribution in [0.15, 0.2) is 70.3 Å². The lowest BCUT2D eigenvalue weighted by molar-refractivity contribution is 0.398. The summed E-state index contributed by atoms with van der Waals surface area (Å²) in [5, 5.41) is 6.47. The van der Waals surface area contributed by atoms with Crippen LogP contribution in [-0.4, -0.2) is 0 Å². The van der Waals surface area contributed by atoms with Crippen LogP contribution < -0.4 is 10.9 Å². The molecule has 4 aromatic heterocycles. The molecule has 0 aliphatic heterocycles. The summed E-state index contributed by atoms with van der Waals surface area (Å²) in [6.45, 7) is 18.4. The first-order valence-electron chi connectivity index (χ1n) is 37.2. The van der Waals surface area contributed by atoms with Gasteiger partial charge in [0.2, 0.25) is 0 Å². The Morgan fingerprint density at radius 2 is 0.708 bits per heavy atom. The van der Waals surface area contributed by atoms with E-state index in [1.165, 1.54) is 295 Å². The minimum atomic E-state index is 0.0807. The van der Waals surface area contributed by atoms with Crippen LogP contribution in [0.4, 0.5) is 0 Å². The number of thiophene rings is 4. The summed E-state index contributed by atoms with van der Waals surface area (Å²) in [4.78, 5) is 42.0. The molecule has 0 saturated heterocycles. The van der Waals surface area contributed by atoms with Crippen LogP contribution in [0.2, 0.25) is 0 Å². The van der Waals surface area contributed by atoms with Gasteiger partial charge in [0.1, 0.15) is 0 Å². The second-order valence-corrected chi connectivity index (χ2v) is 32.8.